The minimum atomic E-state index is -0.350. The van der Waals surface area contributed by atoms with Crippen LogP contribution in [0.25, 0.3) is 0 Å². The van der Waals surface area contributed by atoms with Crippen LogP contribution in [0, 0.1) is 0 Å². The van der Waals surface area contributed by atoms with E-state index >= 15 is 0 Å². The predicted molar refractivity (Wildman–Crippen MR) is 57.0 cm³/mol. The molecule has 0 saturated heterocycles. The van der Waals surface area contributed by atoms with Gasteiger partial charge in [0.1, 0.15) is 0 Å². The Morgan fingerprint density at radius 2 is 2.21 bits per heavy atom. The first-order chi connectivity index (χ1) is 6.72. The quantitative estimate of drug-likeness (QED) is 0.568. The van der Waals surface area contributed by atoms with Crippen LogP contribution in [-0.2, 0) is 9.53 Å². The number of hydrogen-bond donors (Lipinski definition) is 2. The summed E-state index contributed by atoms with van der Waals surface area (Å²) < 4.78 is 4.87. The van der Waals surface area contributed by atoms with Crippen molar-refractivity contribution in [2.24, 2.45) is 5.73 Å². The predicted octanol–water partition coefficient (Wildman–Crippen LogP) is 0.657. The van der Waals surface area contributed by atoms with Gasteiger partial charge in [-0.2, -0.15) is 0 Å². The third kappa shape index (κ3) is 6.86. The first-order valence-corrected chi connectivity index (χ1v) is 5.24. The number of nitrogens with two attached hydrogens (primary N) is 1. The largest absolute Gasteiger partial charge is 0.385 e. The van der Waals surface area contributed by atoms with E-state index in [1.54, 1.807) is 7.11 Å². The molecule has 4 heteroatoms. The number of carbonyl (C=O) groups excluding carboxylic acids is 1. The van der Waals surface area contributed by atoms with Gasteiger partial charge in [-0.3, -0.25) is 4.79 Å². The molecule has 0 aliphatic carbocycles. The van der Waals surface area contributed by atoms with Crippen molar-refractivity contribution in [1.82, 2.24) is 5.32 Å². The molecule has 0 aliphatic heterocycles. The van der Waals surface area contributed by atoms with Gasteiger partial charge in [-0.05, 0) is 12.8 Å². The average Bonchev–Trinajstić information content (AvgIpc) is 2.20. The Hall–Kier alpha value is -0.610. The Morgan fingerprint density at radius 3 is 2.79 bits per heavy atom. The van der Waals surface area contributed by atoms with Crippen LogP contribution in [-0.4, -0.2) is 32.2 Å². The molecule has 1 atom stereocenters. The van der Waals surface area contributed by atoms with Gasteiger partial charge in [0.15, 0.2) is 0 Å². The minimum absolute atomic E-state index is 0.0467. The Kier molecular flexibility index (Phi) is 8.57. The molecule has 0 aromatic heterocycles. The van der Waals surface area contributed by atoms with Crippen LogP contribution in [0.3, 0.4) is 0 Å². The number of ether oxygens (including phenoxy) is 1. The van der Waals surface area contributed by atoms with Crippen molar-refractivity contribution in [3.63, 3.8) is 0 Å². The molecule has 0 spiro atoms. The second kappa shape index (κ2) is 8.97. The molecule has 0 radical (unpaired) electrons. The van der Waals surface area contributed by atoms with Crippen LogP contribution in [0.15, 0.2) is 0 Å². The van der Waals surface area contributed by atoms with Gasteiger partial charge in [-0.25, -0.2) is 0 Å². The zero-order valence-electron chi connectivity index (χ0n) is 9.21. The SMILES string of the molecule is CCCC[C@H](N)C(=O)NCCCOC. The molecule has 0 aromatic carbocycles. The first-order valence-electron chi connectivity index (χ1n) is 5.24. The van der Waals surface area contributed by atoms with E-state index < -0.39 is 0 Å². The fraction of sp³-hybridized carbons (Fsp3) is 0.900. The molecule has 1 amide bonds. The van der Waals surface area contributed by atoms with Gasteiger partial charge in [0.05, 0.1) is 6.04 Å². The van der Waals surface area contributed by atoms with Gasteiger partial charge >= 0.3 is 0 Å². The molecule has 0 aliphatic rings. The Labute approximate surface area is 86.2 Å². The second-order valence-corrected chi connectivity index (χ2v) is 3.39. The van der Waals surface area contributed by atoms with Crippen molar-refractivity contribution < 1.29 is 9.53 Å². The normalized spacial score (nSPS) is 12.5. The van der Waals surface area contributed by atoms with Crippen molar-refractivity contribution in [1.29, 1.82) is 0 Å². The monoisotopic (exact) mass is 202 g/mol. The molecule has 0 heterocycles. The van der Waals surface area contributed by atoms with Crippen LogP contribution in [0.5, 0.6) is 0 Å². The summed E-state index contributed by atoms with van der Waals surface area (Å²) in [4.78, 5) is 11.3. The van der Waals surface area contributed by atoms with E-state index in [-0.39, 0.29) is 11.9 Å². The fourth-order valence-electron chi connectivity index (χ4n) is 1.11. The number of unbranched alkanes of at least 4 members (excludes halogenated alkanes) is 1. The fourth-order valence-corrected chi connectivity index (χ4v) is 1.11. The van der Waals surface area contributed by atoms with E-state index in [0.29, 0.717) is 13.2 Å². The second-order valence-electron chi connectivity index (χ2n) is 3.39. The van der Waals surface area contributed by atoms with Gasteiger partial charge < -0.3 is 15.8 Å². The smallest absolute Gasteiger partial charge is 0.236 e. The van der Waals surface area contributed by atoms with Crippen molar-refractivity contribution >= 4 is 5.91 Å². The van der Waals surface area contributed by atoms with Gasteiger partial charge in [-0.1, -0.05) is 19.8 Å². The number of nitrogens with one attached hydrogen (secondary N) is 1. The van der Waals surface area contributed by atoms with Crippen LogP contribution in [0.2, 0.25) is 0 Å². The highest BCUT2D eigenvalue weighted by atomic mass is 16.5. The molecule has 4 nitrogen and oxygen atoms in total. The Morgan fingerprint density at radius 1 is 1.50 bits per heavy atom. The van der Waals surface area contributed by atoms with Crippen molar-refractivity contribution in [2.45, 2.75) is 38.6 Å². The van der Waals surface area contributed by atoms with E-state index in [4.69, 9.17) is 10.5 Å². The zero-order valence-corrected chi connectivity index (χ0v) is 9.21. The zero-order chi connectivity index (χ0) is 10.8. The number of carbonyl (C=O) groups is 1. The molecule has 0 unspecified atom stereocenters. The molecular weight excluding hydrogens is 180 g/mol. The number of amides is 1. The average molecular weight is 202 g/mol. The lowest BCUT2D eigenvalue weighted by Crippen LogP contribution is -2.41. The topological polar surface area (TPSA) is 64.4 Å². The molecule has 0 saturated carbocycles. The summed E-state index contributed by atoms with van der Waals surface area (Å²) in [6.07, 6.45) is 3.69. The van der Waals surface area contributed by atoms with E-state index in [1.165, 1.54) is 0 Å². The van der Waals surface area contributed by atoms with E-state index in [1.807, 2.05) is 0 Å². The standard InChI is InChI=1S/C10H22N2O2/c1-3-4-6-9(11)10(13)12-7-5-8-14-2/h9H,3-8,11H2,1-2H3,(H,12,13)/t9-/m0/s1. The van der Waals surface area contributed by atoms with Crippen molar-refractivity contribution in [3.05, 3.63) is 0 Å². The Bertz CT molecular complexity index is 151. The highest BCUT2D eigenvalue weighted by Gasteiger charge is 2.11. The maximum Gasteiger partial charge on any atom is 0.236 e. The lowest BCUT2D eigenvalue weighted by Gasteiger charge is -2.11. The summed E-state index contributed by atoms with van der Waals surface area (Å²) in [5.74, 6) is -0.0467. The summed E-state index contributed by atoms with van der Waals surface area (Å²) in [6, 6.07) is -0.350. The summed E-state index contributed by atoms with van der Waals surface area (Å²) >= 11 is 0. The first kappa shape index (κ1) is 13.4. The van der Waals surface area contributed by atoms with Gasteiger partial charge in [0.25, 0.3) is 0 Å². The summed E-state index contributed by atoms with van der Waals surface area (Å²) in [5.41, 5.74) is 5.67. The maximum atomic E-state index is 11.3. The lowest BCUT2D eigenvalue weighted by atomic mass is 10.1. The van der Waals surface area contributed by atoms with Crippen LogP contribution >= 0.6 is 0 Å². The van der Waals surface area contributed by atoms with E-state index in [2.05, 4.69) is 12.2 Å². The van der Waals surface area contributed by atoms with E-state index in [0.717, 1.165) is 25.7 Å². The minimum Gasteiger partial charge on any atom is -0.385 e. The maximum absolute atomic E-state index is 11.3. The van der Waals surface area contributed by atoms with Gasteiger partial charge in [-0.15, -0.1) is 0 Å². The molecule has 0 aromatic rings. The lowest BCUT2D eigenvalue weighted by molar-refractivity contribution is -0.122. The van der Waals surface area contributed by atoms with Crippen molar-refractivity contribution in [3.8, 4) is 0 Å². The third-order valence-corrected chi connectivity index (χ3v) is 2.03. The number of methoxy groups -OCH3 is 1. The van der Waals surface area contributed by atoms with Crippen LogP contribution in [0.1, 0.15) is 32.6 Å². The highest BCUT2D eigenvalue weighted by Crippen LogP contribution is 1.97. The van der Waals surface area contributed by atoms with Gasteiger partial charge in [0.2, 0.25) is 5.91 Å². The van der Waals surface area contributed by atoms with Gasteiger partial charge in [0, 0.05) is 20.3 Å². The van der Waals surface area contributed by atoms with Crippen LogP contribution in [0.4, 0.5) is 0 Å². The van der Waals surface area contributed by atoms with Crippen molar-refractivity contribution in [2.75, 3.05) is 20.3 Å². The number of hydrogen-bond acceptors (Lipinski definition) is 3. The molecule has 14 heavy (non-hydrogen) atoms. The molecular formula is C10H22N2O2. The highest BCUT2D eigenvalue weighted by molar-refractivity contribution is 5.81. The molecule has 0 rings (SSSR count). The third-order valence-electron chi connectivity index (χ3n) is 2.03. The van der Waals surface area contributed by atoms with E-state index in [9.17, 15) is 4.79 Å². The molecule has 0 fully saturated rings. The Balaban J connectivity index is 3.42. The molecule has 84 valence electrons. The molecule has 3 N–H and O–H groups in total. The molecule has 0 bridgehead atoms. The number of rotatable bonds is 8. The summed E-state index contributed by atoms with van der Waals surface area (Å²) in [5, 5.41) is 2.78. The van der Waals surface area contributed by atoms with Crippen LogP contribution < -0.4 is 11.1 Å². The summed E-state index contributed by atoms with van der Waals surface area (Å²) in [7, 11) is 1.65. The summed E-state index contributed by atoms with van der Waals surface area (Å²) in [6.45, 7) is 3.40.